The summed E-state index contributed by atoms with van der Waals surface area (Å²) in [5.74, 6) is 0.0758. The summed E-state index contributed by atoms with van der Waals surface area (Å²) in [6, 6.07) is 2.50. The molecule has 1 aliphatic rings. The number of methoxy groups -OCH3 is 1. The second-order valence-electron chi connectivity index (χ2n) is 5.17. The summed E-state index contributed by atoms with van der Waals surface area (Å²) in [4.78, 5) is 12.8. The third-order valence-corrected chi connectivity index (χ3v) is 3.86. The van der Waals surface area contributed by atoms with Gasteiger partial charge >= 0.3 is 0 Å². The molecule has 0 aliphatic carbocycles. The van der Waals surface area contributed by atoms with E-state index in [2.05, 4.69) is 16.8 Å². The Labute approximate surface area is 153 Å². The van der Waals surface area contributed by atoms with Crippen LogP contribution in [0, 0.1) is 10.1 Å². The molecule has 0 bridgehead atoms. The topological polar surface area (TPSA) is 87.9 Å². The van der Waals surface area contributed by atoms with Crippen LogP contribution in [-0.2, 0) is 0 Å². The Morgan fingerprint density at radius 1 is 1.46 bits per heavy atom. The number of aromatic hydroxyl groups is 1. The van der Waals surface area contributed by atoms with E-state index in [4.69, 9.17) is 4.74 Å². The van der Waals surface area contributed by atoms with Crippen molar-refractivity contribution >= 4 is 30.5 Å². The minimum absolute atomic E-state index is 0. The van der Waals surface area contributed by atoms with Crippen LogP contribution in [0.1, 0.15) is 18.0 Å². The fourth-order valence-electron chi connectivity index (χ4n) is 2.75. The van der Waals surface area contributed by atoms with Crippen LogP contribution in [0.3, 0.4) is 0 Å². The van der Waals surface area contributed by atoms with E-state index in [1.54, 1.807) is 6.08 Å². The molecule has 2 N–H and O–H groups in total. The van der Waals surface area contributed by atoms with Crippen molar-refractivity contribution in [3.8, 4) is 11.5 Å². The molecule has 9 heteroatoms. The molecule has 1 aliphatic heterocycles. The number of nitrogens with zero attached hydrogens (tertiary/aromatic N) is 2. The van der Waals surface area contributed by atoms with Gasteiger partial charge in [0.1, 0.15) is 0 Å². The monoisotopic (exact) mass is 379 g/mol. The second-order valence-corrected chi connectivity index (χ2v) is 5.17. The quantitative estimate of drug-likeness (QED) is 0.448. The first-order valence-corrected chi connectivity index (χ1v) is 7.19. The Balaban J connectivity index is 0.00000264. The largest absolute Gasteiger partial charge is 0.504 e. The van der Waals surface area contributed by atoms with Gasteiger partial charge in [0.15, 0.2) is 11.5 Å². The van der Waals surface area contributed by atoms with E-state index in [9.17, 15) is 15.2 Å². The molecule has 0 radical (unpaired) electrons. The summed E-state index contributed by atoms with van der Waals surface area (Å²) in [7, 11) is 1.38. The van der Waals surface area contributed by atoms with E-state index < -0.39 is 4.92 Å². The predicted molar refractivity (Wildman–Crippen MR) is 97.8 cm³/mol. The number of piperazine rings is 1. The number of hydrogen-bond donors (Lipinski definition) is 2. The van der Waals surface area contributed by atoms with Crippen LogP contribution in [0.25, 0.3) is 0 Å². The Bertz CT molecular complexity index is 566. The third-order valence-electron chi connectivity index (χ3n) is 3.86. The van der Waals surface area contributed by atoms with Crippen molar-refractivity contribution in [2.45, 2.75) is 12.5 Å². The molecule has 7 nitrogen and oxygen atoms in total. The van der Waals surface area contributed by atoms with Crippen molar-refractivity contribution in [2.24, 2.45) is 0 Å². The van der Waals surface area contributed by atoms with Crippen LogP contribution in [0.5, 0.6) is 11.5 Å². The van der Waals surface area contributed by atoms with Crippen LogP contribution in [0.4, 0.5) is 5.69 Å². The molecule has 24 heavy (non-hydrogen) atoms. The zero-order chi connectivity index (χ0) is 16.1. The molecule has 0 saturated carbocycles. The molecule has 2 rings (SSSR count). The maximum Gasteiger partial charge on any atom is 0.273 e. The van der Waals surface area contributed by atoms with Gasteiger partial charge in [0.2, 0.25) is 0 Å². The van der Waals surface area contributed by atoms with Crippen LogP contribution in [0.2, 0.25) is 0 Å². The van der Waals surface area contributed by atoms with Crippen molar-refractivity contribution in [2.75, 3.05) is 33.3 Å². The Hall–Kier alpha value is -1.54. The summed E-state index contributed by atoms with van der Waals surface area (Å²) in [5, 5.41) is 24.8. The number of phenols is 1. The number of nitro groups is 1. The molecule has 1 saturated heterocycles. The number of non-ortho nitro benzene ring substituents is 1. The lowest BCUT2D eigenvalue weighted by Gasteiger charge is -2.35. The van der Waals surface area contributed by atoms with Crippen molar-refractivity contribution in [3.05, 3.63) is 40.5 Å². The lowest BCUT2D eigenvalue weighted by molar-refractivity contribution is -0.385. The van der Waals surface area contributed by atoms with Crippen molar-refractivity contribution < 1.29 is 14.8 Å². The number of nitrogens with one attached hydrogen (secondary N) is 1. The van der Waals surface area contributed by atoms with Gasteiger partial charge in [-0.1, -0.05) is 6.08 Å². The van der Waals surface area contributed by atoms with Gasteiger partial charge in [-0.15, -0.1) is 31.4 Å². The number of ether oxygens (including phenoxy) is 1. The molecular formula is C15H23Cl2N3O4. The molecule has 136 valence electrons. The minimum atomic E-state index is -0.478. The number of nitro benzene ring substituents is 1. The molecule has 0 amide bonds. The summed E-state index contributed by atoms with van der Waals surface area (Å²) in [6.45, 7) is 7.07. The lowest BCUT2D eigenvalue weighted by Crippen LogP contribution is -2.45. The van der Waals surface area contributed by atoms with Crippen LogP contribution >= 0.6 is 24.8 Å². The third kappa shape index (κ3) is 4.98. The Morgan fingerprint density at radius 2 is 2.08 bits per heavy atom. The van der Waals surface area contributed by atoms with Gasteiger partial charge in [-0.3, -0.25) is 15.0 Å². The fraction of sp³-hybridized carbons (Fsp3) is 0.467. The highest BCUT2D eigenvalue weighted by Gasteiger charge is 2.27. The van der Waals surface area contributed by atoms with E-state index in [0.717, 1.165) is 26.2 Å². The molecule has 0 spiro atoms. The second kappa shape index (κ2) is 10.4. The fourth-order valence-corrected chi connectivity index (χ4v) is 2.75. The van der Waals surface area contributed by atoms with E-state index in [-0.39, 0.29) is 48.0 Å². The van der Waals surface area contributed by atoms with Gasteiger partial charge in [-0.05, 0) is 6.42 Å². The van der Waals surface area contributed by atoms with Gasteiger partial charge in [0.25, 0.3) is 5.69 Å². The number of hydrogen-bond acceptors (Lipinski definition) is 6. The van der Waals surface area contributed by atoms with Gasteiger partial charge in [0, 0.05) is 43.9 Å². The standard InChI is InChI=1S/C15H21N3O4.2ClH/c1-3-4-13(17-7-5-16-6-8-17)12-9-11(18(20)21)10-14(22-2)15(12)19;;/h3,9-10,13,16,19H,1,4-8H2,2H3;2*1H/t13-;;/m0../s1. The molecule has 1 aromatic carbocycles. The maximum absolute atomic E-state index is 11.1. The highest BCUT2D eigenvalue weighted by molar-refractivity contribution is 5.85. The average molecular weight is 380 g/mol. The zero-order valence-electron chi connectivity index (χ0n) is 13.4. The molecule has 1 fully saturated rings. The highest BCUT2D eigenvalue weighted by atomic mass is 35.5. The first-order valence-electron chi connectivity index (χ1n) is 7.19. The van der Waals surface area contributed by atoms with Crippen LogP contribution < -0.4 is 10.1 Å². The van der Waals surface area contributed by atoms with E-state index in [0.29, 0.717) is 12.0 Å². The predicted octanol–water partition coefficient (Wildman–Crippen LogP) is 2.68. The van der Waals surface area contributed by atoms with E-state index in [1.165, 1.54) is 19.2 Å². The van der Waals surface area contributed by atoms with Gasteiger partial charge in [-0.25, -0.2) is 0 Å². The molecule has 0 aromatic heterocycles. The van der Waals surface area contributed by atoms with Gasteiger partial charge in [-0.2, -0.15) is 0 Å². The summed E-state index contributed by atoms with van der Waals surface area (Å²) >= 11 is 0. The Morgan fingerprint density at radius 3 is 2.58 bits per heavy atom. The smallest absolute Gasteiger partial charge is 0.273 e. The summed E-state index contributed by atoms with van der Waals surface area (Å²) in [5.41, 5.74) is 0.418. The lowest BCUT2D eigenvalue weighted by atomic mass is 9.98. The molecular weight excluding hydrogens is 357 g/mol. The van der Waals surface area contributed by atoms with Gasteiger partial charge in [0.05, 0.1) is 18.1 Å². The Kier molecular flexibility index (Phi) is 9.69. The molecule has 1 heterocycles. The van der Waals surface area contributed by atoms with Crippen molar-refractivity contribution in [3.63, 3.8) is 0 Å². The molecule has 0 unspecified atom stereocenters. The van der Waals surface area contributed by atoms with Crippen molar-refractivity contribution in [1.29, 1.82) is 0 Å². The number of halogens is 2. The normalized spacial score (nSPS) is 15.5. The van der Waals surface area contributed by atoms with Crippen molar-refractivity contribution in [1.82, 2.24) is 10.2 Å². The summed E-state index contributed by atoms with van der Waals surface area (Å²) < 4.78 is 5.08. The van der Waals surface area contributed by atoms with Gasteiger partial charge < -0.3 is 15.2 Å². The van der Waals surface area contributed by atoms with Crippen LogP contribution in [0.15, 0.2) is 24.8 Å². The highest BCUT2D eigenvalue weighted by Crippen LogP contribution is 2.41. The number of rotatable bonds is 6. The first kappa shape index (κ1) is 22.5. The van der Waals surface area contributed by atoms with E-state index >= 15 is 0 Å². The van der Waals surface area contributed by atoms with Crippen LogP contribution in [-0.4, -0.2) is 48.2 Å². The summed E-state index contributed by atoms with van der Waals surface area (Å²) in [6.07, 6.45) is 2.36. The SMILES string of the molecule is C=CC[C@@H](c1cc([N+](=O)[O-])cc(OC)c1O)N1CCNCC1.Cl.Cl. The maximum atomic E-state index is 11.1. The van der Waals surface area contributed by atoms with E-state index in [1.807, 2.05) is 0 Å². The average Bonchev–Trinajstić information content (AvgIpc) is 2.54. The molecule has 1 aromatic rings. The zero-order valence-corrected chi connectivity index (χ0v) is 15.1. The minimum Gasteiger partial charge on any atom is -0.504 e. The number of phenolic OH excluding ortho intramolecular Hbond substituents is 1. The molecule has 1 atom stereocenters. The number of benzene rings is 1. The first-order chi connectivity index (χ1) is 10.6.